The Labute approximate surface area is 183 Å². The van der Waals surface area contributed by atoms with E-state index in [-0.39, 0.29) is 5.91 Å². The van der Waals surface area contributed by atoms with E-state index in [0.717, 1.165) is 28.9 Å². The summed E-state index contributed by atoms with van der Waals surface area (Å²) in [6, 6.07) is 29.6. The van der Waals surface area contributed by atoms with Crippen molar-refractivity contribution in [2.24, 2.45) is 16.1 Å². The van der Waals surface area contributed by atoms with E-state index in [1.807, 2.05) is 42.5 Å². The normalized spacial score (nSPS) is 13.7. The van der Waals surface area contributed by atoms with Crippen LogP contribution in [0.5, 0.6) is 0 Å². The zero-order chi connectivity index (χ0) is 22.1. The summed E-state index contributed by atoms with van der Waals surface area (Å²) >= 11 is 0. The Morgan fingerprint density at radius 1 is 0.903 bits per heavy atom. The summed E-state index contributed by atoms with van der Waals surface area (Å²) in [4.78, 5) is 10.4. The standard InChI is InChI=1S/C18H20N4.C7H7NO/c1-3-14(2)22-18(16-12-8-5-9-13-16)17(19-20-21-22)15-10-6-4-7-11-15;8-7(9)6-4-2-1-3-5-6/h4-14H,3H2,1-2H3,(H,19,21);1-5H,(H2,8,9). The van der Waals surface area contributed by atoms with E-state index in [4.69, 9.17) is 5.73 Å². The van der Waals surface area contributed by atoms with Gasteiger partial charge in [0.1, 0.15) is 5.70 Å². The van der Waals surface area contributed by atoms with Gasteiger partial charge in [-0.1, -0.05) is 91.0 Å². The molecule has 6 nitrogen and oxygen atoms in total. The van der Waals surface area contributed by atoms with Gasteiger partial charge in [-0.2, -0.15) is 5.53 Å². The highest BCUT2D eigenvalue weighted by Gasteiger charge is 2.24. The Morgan fingerprint density at radius 3 is 1.90 bits per heavy atom. The maximum Gasteiger partial charge on any atom is 0.248 e. The van der Waals surface area contributed by atoms with Gasteiger partial charge in [-0.25, -0.2) is 0 Å². The largest absolute Gasteiger partial charge is 0.366 e. The van der Waals surface area contributed by atoms with Crippen LogP contribution in [0, 0.1) is 0 Å². The number of carbonyl (C=O) groups excluding carboxylic acids is 1. The highest BCUT2D eigenvalue weighted by atomic mass is 16.1. The van der Waals surface area contributed by atoms with E-state index in [0.29, 0.717) is 11.6 Å². The van der Waals surface area contributed by atoms with Crippen LogP contribution in [0.4, 0.5) is 0 Å². The van der Waals surface area contributed by atoms with Crippen molar-refractivity contribution in [2.45, 2.75) is 26.3 Å². The van der Waals surface area contributed by atoms with Crippen LogP contribution in [-0.2, 0) is 0 Å². The molecule has 3 N–H and O–H groups in total. The monoisotopic (exact) mass is 413 g/mol. The number of amides is 1. The second kappa shape index (κ2) is 10.7. The number of benzene rings is 3. The molecule has 1 amide bonds. The average molecular weight is 414 g/mol. The first-order chi connectivity index (χ1) is 15.1. The van der Waals surface area contributed by atoms with Crippen LogP contribution in [0.15, 0.2) is 101 Å². The Balaban J connectivity index is 0.000000254. The molecule has 0 spiro atoms. The molecule has 3 aromatic rings. The molecular weight excluding hydrogens is 386 g/mol. The highest BCUT2D eigenvalue weighted by molar-refractivity contribution is 5.92. The molecule has 6 heteroatoms. The van der Waals surface area contributed by atoms with Crippen molar-refractivity contribution in [3.05, 3.63) is 108 Å². The van der Waals surface area contributed by atoms with Crippen molar-refractivity contribution in [3.63, 3.8) is 0 Å². The topological polar surface area (TPSA) is 83.1 Å². The van der Waals surface area contributed by atoms with Crippen molar-refractivity contribution < 1.29 is 4.79 Å². The second-order valence-corrected chi connectivity index (χ2v) is 7.09. The molecule has 0 aromatic heterocycles. The average Bonchev–Trinajstić information content (AvgIpc) is 2.85. The molecule has 31 heavy (non-hydrogen) atoms. The number of rotatable bonds is 5. The Bertz CT molecular complexity index is 1030. The number of nitrogens with zero attached hydrogens (tertiary/aromatic N) is 3. The number of nitrogens with one attached hydrogen (secondary N) is 1. The molecule has 0 saturated heterocycles. The summed E-state index contributed by atoms with van der Waals surface area (Å²) in [5.41, 5.74) is 12.7. The van der Waals surface area contributed by atoms with Crippen molar-refractivity contribution in [3.8, 4) is 0 Å². The molecule has 0 radical (unpaired) electrons. The van der Waals surface area contributed by atoms with Gasteiger partial charge in [0.25, 0.3) is 0 Å². The number of hydrazine groups is 1. The van der Waals surface area contributed by atoms with Crippen LogP contribution in [0.3, 0.4) is 0 Å². The van der Waals surface area contributed by atoms with Gasteiger partial charge in [0.15, 0.2) is 0 Å². The zero-order valence-electron chi connectivity index (χ0n) is 17.8. The summed E-state index contributed by atoms with van der Waals surface area (Å²) < 4.78 is 0. The van der Waals surface area contributed by atoms with Crippen molar-refractivity contribution in [2.75, 3.05) is 0 Å². The third kappa shape index (κ3) is 5.57. The van der Waals surface area contributed by atoms with Gasteiger partial charge in [-0.3, -0.25) is 9.80 Å². The molecule has 0 aliphatic carbocycles. The van der Waals surface area contributed by atoms with Crippen molar-refractivity contribution >= 4 is 17.3 Å². The third-order valence-corrected chi connectivity index (χ3v) is 4.95. The van der Waals surface area contributed by atoms with Crippen LogP contribution >= 0.6 is 0 Å². The maximum atomic E-state index is 10.4. The molecule has 1 aliphatic heterocycles. The molecule has 0 bridgehead atoms. The number of nitrogens with two attached hydrogens (primary N) is 1. The maximum absolute atomic E-state index is 10.4. The van der Waals surface area contributed by atoms with Gasteiger partial charge in [-0.15, -0.1) is 5.11 Å². The summed E-state index contributed by atoms with van der Waals surface area (Å²) in [6.45, 7) is 4.35. The molecule has 3 aromatic carbocycles. The molecule has 158 valence electrons. The lowest BCUT2D eigenvalue weighted by molar-refractivity contribution is 0.100. The van der Waals surface area contributed by atoms with Crippen LogP contribution in [-0.4, -0.2) is 17.0 Å². The number of hydrogen-bond acceptors (Lipinski definition) is 5. The smallest absolute Gasteiger partial charge is 0.248 e. The van der Waals surface area contributed by atoms with Crippen molar-refractivity contribution in [1.82, 2.24) is 10.5 Å². The van der Waals surface area contributed by atoms with Crippen LogP contribution in [0.25, 0.3) is 11.4 Å². The minimum atomic E-state index is -0.379. The summed E-state index contributed by atoms with van der Waals surface area (Å²) in [7, 11) is 0. The first-order valence-corrected chi connectivity index (χ1v) is 10.3. The Morgan fingerprint density at radius 2 is 1.42 bits per heavy atom. The van der Waals surface area contributed by atoms with E-state index in [1.54, 1.807) is 24.3 Å². The summed E-state index contributed by atoms with van der Waals surface area (Å²) in [5.74, 6) is -0.379. The fraction of sp³-hybridized carbons (Fsp3) is 0.160. The first-order valence-electron chi connectivity index (χ1n) is 10.3. The summed E-state index contributed by atoms with van der Waals surface area (Å²) in [6.07, 6.45) is 1.01. The van der Waals surface area contributed by atoms with Gasteiger partial charge in [-0.05, 0) is 25.5 Å². The van der Waals surface area contributed by atoms with E-state index >= 15 is 0 Å². The lowest BCUT2D eigenvalue weighted by Gasteiger charge is -2.34. The first kappa shape index (κ1) is 21.8. The quantitative estimate of drug-likeness (QED) is 0.597. The van der Waals surface area contributed by atoms with Gasteiger partial charge < -0.3 is 5.73 Å². The number of carbonyl (C=O) groups is 1. The molecule has 1 atom stereocenters. The van der Waals surface area contributed by atoms with E-state index in [9.17, 15) is 4.79 Å². The predicted molar refractivity (Wildman–Crippen MR) is 124 cm³/mol. The second-order valence-electron chi connectivity index (χ2n) is 7.09. The molecule has 0 fully saturated rings. The molecule has 4 rings (SSSR count). The minimum absolute atomic E-state index is 0.313. The molecule has 1 heterocycles. The lowest BCUT2D eigenvalue weighted by atomic mass is 10.0. The van der Waals surface area contributed by atoms with Gasteiger partial charge in [0.2, 0.25) is 5.91 Å². The Kier molecular flexibility index (Phi) is 7.54. The fourth-order valence-electron chi connectivity index (χ4n) is 3.10. The molecule has 1 unspecified atom stereocenters. The van der Waals surface area contributed by atoms with E-state index < -0.39 is 0 Å². The predicted octanol–water partition coefficient (Wildman–Crippen LogP) is 5.28. The number of primary amides is 1. The SMILES string of the molecule is CCC(C)N1NN=NC(c2ccccc2)=C1c1ccccc1.NC(=O)c1ccccc1. The van der Waals surface area contributed by atoms with Gasteiger partial charge >= 0.3 is 0 Å². The van der Waals surface area contributed by atoms with Gasteiger partial charge in [0.05, 0.1) is 5.70 Å². The number of hydrogen-bond donors (Lipinski definition) is 2. The van der Waals surface area contributed by atoms with Crippen LogP contribution in [0.1, 0.15) is 41.8 Å². The highest BCUT2D eigenvalue weighted by Crippen LogP contribution is 2.33. The van der Waals surface area contributed by atoms with Gasteiger partial charge in [0, 0.05) is 22.7 Å². The zero-order valence-corrected chi connectivity index (χ0v) is 17.8. The lowest BCUT2D eigenvalue weighted by Crippen LogP contribution is -2.41. The van der Waals surface area contributed by atoms with Crippen LogP contribution in [0.2, 0.25) is 0 Å². The fourth-order valence-corrected chi connectivity index (χ4v) is 3.10. The third-order valence-electron chi connectivity index (χ3n) is 4.95. The molecule has 0 saturated carbocycles. The van der Waals surface area contributed by atoms with Crippen molar-refractivity contribution in [1.29, 1.82) is 0 Å². The van der Waals surface area contributed by atoms with E-state index in [1.165, 1.54) is 0 Å². The van der Waals surface area contributed by atoms with E-state index in [2.05, 4.69) is 59.0 Å². The Hall–Kier alpha value is -3.93. The summed E-state index contributed by atoms with van der Waals surface area (Å²) in [5, 5.41) is 10.6. The molecular formula is C25H27N5O. The minimum Gasteiger partial charge on any atom is -0.366 e. The molecule has 1 aliphatic rings. The van der Waals surface area contributed by atoms with Crippen LogP contribution < -0.4 is 11.3 Å².